The van der Waals surface area contributed by atoms with E-state index >= 15 is 0 Å². The molecular formula is C12H17FN2. The predicted octanol–water partition coefficient (Wildman–Crippen LogP) is 1.54. The van der Waals surface area contributed by atoms with E-state index in [0.717, 1.165) is 24.2 Å². The van der Waals surface area contributed by atoms with Crippen LogP contribution in [0.1, 0.15) is 24.0 Å². The average Bonchev–Trinajstić information content (AvgIpc) is 2.46. The summed E-state index contributed by atoms with van der Waals surface area (Å²) in [7, 11) is 0. The second-order valence-corrected chi connectivity index (χ2v) is 4.71. The summed E-state index contributed by atoms with van der Waals surface area (Å²) in [5.74, 6) is -0.0709. The van der Waals surface area contributed by atoms with Gasteiger partial charge in [0.1, 0.15) is 5.82 Å². The molecule has 3 heteroatoms. The molecule has 0 aliphatic carbocycles. The second-order valence-electron chi connectivity index (χ2n) is 4.71. The number of hydrogen-bond donors (Lipinski definition) is 2. The normalized spacial score (nSPS) is 30.8. The van der Waals surface area contributed by atoms with Crippen molar-refractivity contribution in [1.82, 2.24) is 5.32 Å². The fourth-order valence-corrected chi connectivity index (χ4v) is 2.22. The highest BCUT2D eigenvalue weighted by atomic mass is 19.1. The summed E-state index contributed by atoms with van der Waals surface area (Å²) in [5, 5.41) is 3.21. The Kier molecular flexibility index (Phi) is 2.52. The maximum atomic E-state index is 13.8. The van der Waals surface area contributed by atoms with Crippen molar-refractivity contribution in [3.8, 4) is 0 Å². The van der Waals surface area contributed by atoms with E-state index in [0.29, 0.717) is 0 Å². The van der Waals surface area contributed by atoms with Gasteiger partial charge in [-0.15, -0.1) is 0 Å². The van der Waals surface area contributed by atoms with Crippen molar-refractivity contribution in [3.05, 3.63) is 35.1 Å². The zero-order valence-electron chi connectivity index (χ0n) is 9.18. The fraction of sp³-hybridized carbons (Fsp3) is 0.500. The molecule has 2 rings (SSSR count). The minimum Gasteiger partial charge on any atom is -0.324 e. The summed E-state index contributed by atoms with van der Waals surface area (Å²) < 4.78 is 13.8. The van der Waals surface area contributed by atoms with E-state index in [2.05, 4.69) is 5.32 Å². The molecule has 1 fully saturated rings. The number of benzene rings is 1. The molecule has 0 unspecified atom stereocenters. The summed E-state index contributed by atoms with van der Waals surface area (Å²) >= 11 is 0. The molecule has 1 aromatic carbocycles. The SMILES string of the molecule is Cc1ccc([C@@H]2CNC[C@@]2(C)N)c(F)c1. The van der Waals surface area contributed by atoms with Gasteiger partial charge in [0.05, 0.1) is 0 Å². The van der Waals surface area contributed by atoms with Crippen LogP contribution in [0.2, 0.25) is 0 Å². The van der Waals surface area contributed by atoms with E-state index in [1.165, 1.54) is 0 Å². The summed E-state index contributed by atoms with van der Waals surface area (Å²) in [6.45, 7) is 5.36. The quantitative estimate of drug-likeness (QED) is 0.734. The van der Waals surface area contributed by atoms with Crippen LogP contribution in [-0.2, 0) is 0 Å². The van der Waals surface area contributed by atoms with Crippen molar-refractivity contribution in [2.75, 3.05) is 13.1 Å². The molecule has 3 N–H and O–H groups in total. The highest BCUT2D eigenvalue weighted by Gasteiger charge is 2.37. The molecule has 1 aromatic rings. The van der Waals surface area contributed by atoms with E-state index in [9.17, 15) is 4.39 Å². The maximum absolute atomic E-state index is 13.8. The van der Waals surface area contributed by atoms with Crippen LogP contribution in [0.25, 0.3) is 0 Å². The van der Waals surface area contributed by atoms with E-state index in [4.69, 9.17) is 5.73 Å². The third-order valence-electron chi connectivity index (χ3n) is 3.18. The lowest BCUT2D eigenvalue weighted by Gasteiger charge is -2.26. The number of rotatable bonds is 1. The zero-order valence-corrected chi connectivity index (χ0v) is 9.18. The van der Waals surface area contributed by atoms with Crippen molar-refractivity contribution < 1.29 is 4.39 Å². The number of nitrogens with one attached hydrogen (secondary N) is 1. The van der Waals surface area contributed by atoms with Gasteiger partial charge in [0.25, 0.3) is 0 Å². The van der Waals surface area contributed by atoms with Crippen LogP contribution in [0.4, 0.5) is 4.39 Å². The van der Waals surface area contributed by atoms with Gasteiger partial charge in [-0.3, -0.25) is 0 Å². The Hall–Kier alpha value is -0.930. The molecular weight excluding hydrogens is 191 g/mol. The van der Waals surface area contributed by atoms with Crippen molar-refractivity contribution in [2.45, 2.75) is 25.3 Å². The molecule has 0 bridgehead atoms. The van der Waals surface area contributed by atoms with Crippen LogP contribution in [-0.4, -0.2) is 18.6 Å². The monoisotopic (exact) mass is 208 g/mol. The first-order valence-electron chi connectivity index (χ1n) is 5.26. The van der Waals surface area contributed by atoms with Gasteiger partial charge in [-0.1, -0.05) is 12.1 Å². The number of aryl methyl sites for hydroxylation is 1. The predicted molar refractivity (Wildman–Crippen MR) is 59.3 cm³/mol. The largest absolute Gasteiger partial charge is 0.324 e. The first-order chi connectivity index (χ1) is 7.00. The molecule has 1 heterocycles. The van der Waals surface area contributed by atoms with Crippen LogP contribution in [0.15, 0.2) is 18.2 Å². The van der Waals surface area contributed by atoms with Gasteiger partial charge in [0.2, 0.25) is 0 Å². The lowest BCUT2D eigenvalue weighted by atomic mass is 9.84. The molecule has 15 heavy (non-hydrogen) atoms. The summed E-state index contributed by atoms with van der Waals surface area (Å²) in [5.41, 5.74) is 7.46. The maximum Gasteiger partial charge on any atom is 0.127 e. The van der Waals surface area contributed by atoms with Gasteiger partial charge in [-0.05, 0) is 31.0 Å². The highest BCUT2D eigenvalue weighted by molar-refractivity contribution is 5.30. The van der Waals surface area contributed by atoms with Crippen molar-refractivity contribution in [1.29, 1.82) is 0 Å². The molecule has 82 valence electrons. The standard InChI is InChI=1S/C12H17FN2/c1-8-3-4-9(11(13)5-8)10-6-15-7-12(10,2)14/h3-5,10,15H,6-7,14H2,1-2H3/t10-,12+/m0/s1. The number of nitrogens with two attached hydrogens (primary N) is 1. The van der Waals surface area contributed by atoms with Crippen LogP contribution in [0.5, 0.6) is 0 Å². The topological polar surface area (TPSA) is 38.0 Å². The minimum atomic E-state index is -0.351. The third kappa shape index (κ3) is 1.90. The Morgan fingerprint density at radius 3 is 2.80 bits per heavy atom. The lowest BCUT2D eigenvalue weighted by molar-refractivity contribution is 0.447. The summed E-state index contributed by atoms with van der Waals surface area (Å²) in [6.07, 6.45) is 0. The Bertz CT molecular complexity index is 374. The molecule has 0 saturated carbocycles. The van der Waals surface area contributed by atoms with Gasteiger partial charge in [0.15, 0.2) is 0 Å². The zero-order chi connectivity index (χ0) is 11.1. The van der Waals surface area contributed by atoms with Crippen molar-refractivity contribution in [2.24, 2.45) is 5.73 Å². The van der Waals surface area contributed by atoms with Crippen molar-refractivity contribution in [3.63, 3.8) is 0 Å². The minimum absolute atomic E-state index is 0.0677. The molecule has 0 amide bonds. The lowest BCUT2D eigenvalue weighted by Crippen LogP contribution is -2.43. The van der Waals surface area contributed by atoms with Gasteiger partial charge < -0.3 is 11.1 Å². The van der Waals surface area contributed by atoms with Gasteiger partial charge in [-0.2, -0.15) is 0 Å². The van der Waals surface area contributed by atoms with E-state index < -0.39 is 0 Å². The first kappa shape index (κ1) is 10.6. The van der Waals surface area contributed by atoms with Crippen molar-refractivity contribution >= 4 is 0 Å². The average molecular weight is 208 g/mol. The second kappa shape index (κ2) is 3.58. The van der Waals surface area contributed by atoms with Gasteiger partial charge in [-0.25, -0.2) is 4.39 Å². The fourth-order valence-electron chi connectivity index (χ4n) is 2.22. The molecule has 2 atom stereocenters. The summed E-state index contributed by atoms with van der Waals surface area (Å²) in [6, 6.07) is 5.37. The Morgan fingerprint density at radius 2 is 2.27 bits per heavy atom. The molecule has 1 saturated heterocycles. The molecule has 0 spiro atoms. The highest BCUT2D eigenvalue weighted by Crippen LogP contribution is 2.31. The van der Waals surface area contributed by atoms with Crippen LogP contribution in [0.3, 0.4) is 0 Å². The van der Waals surface area contributed by atoms with Gasteiger partial charge >= 0.3 is 0 Å². The van der Waals surface area contributed by atoms with Crippen LogP contribution >= 0.6 is 0 Å². The molecule has 1 aliphatic rings. The Balaban J connectivity index is 2.37. The third-order valence-corrected chi connectivity index (χ3v) is 3.18. The molecule has 0 radical (unpaired) electrons. The Labute approximate surface area is 89.7 Å². The number of hydrogen-bond acceptors (Lipinski definition) is 2. The van der Waals surface area contributed by atoms with E-state index in [1.807, 2.05) is 26.0 Å². The Morgan fingerprint density at radius 1 is 1.53 bits per heavy atom. The van der Waals surface area contributed by atoms with E-state index in [1.54, 1.807) is 6.07 Å². The van der Waals surface area contributed by atoms with Gasteiger partial charge in [0, 0.05) is 24.5 Å². The molecule has 1 aliphatic heterocycles. The van der Waals surface area contributed by atoms with E-state index in [-0.39, 0.29) is 17.3 Å². The van der Waals surface area contributed by atoms with Crippen LogP contribution in [0, 0.1) is 12.7 Å². The molecule has 0 aromatic heterocycles. The first-order valence-corrected chi connectivity index (χ1v) is 5.26. The smallest absolute Gasteiger partial charge is 0.127 e. The number of halogens is 1. The summed E-state index contributed by atoms with van der Waals surface area (Å²) in [4.78, 5) is 0. The van der Waals surface area contributed by atoms with Crippen LogP contribution < -0.4 is 11.1 Å². The molecule has 2 nitrogen and oxygen atoms in total.